The molecule has 1 atom stereocenters. The van der Waals surface area contributed by atoms with Crippen LogP contribution in [0.3, 0.4) is 0 Å². The van der Waals surface area contributed by atoms with Crippen LogP contribution >= 0.6 is 0 Å². The molecule has 5 heteroatoms. The minimum absolute atomic E-state index is 0.369. The van der Waals surface area contributed by atoms with Crippen molar-refractivity contribution in [3.05, 3.63) is 64.5 Å². The Morgan fingerprint density at radius 3 is 2.54 bits per heavy atom. The van der Waals surface area contributed by atoms with Gasteiger partial charge in [0.15, 0.2) is 6.10 Å². The maximum absolute atomic E-state index is 11.9. The molecular weight excluding hydrogens is 308 g/mol. The van der Waals surface area contributed by atoms with Crippen molar-refractivity contribution in [2.45, 2.75) is 20.0 Å². The molecule has 0 spiro atoms. The molecule has 0 fully saturated rings. The molecule has 0 saturated carbocycles. The van der Waals surface area contributed by atoms with E-state index in [-0.39, 0.29) is 0 Å². The van der Waals surface area contributed by atoms with Gasteiger partial charge in [-0.3, -0.25) is 0 Å². The zero-order valence-corrected chi connectivity index (χ0v) is 13.3. The van der Waals surface area contributed by atoms with Gasteiger partial charge in [0, 0.05) is 11.6 Å². The molecule has 122 valence electrons. The summed E-state index contributed by atoms with van der Waals surface area (Å²) < 4.78 is 10.9. The molecule has 0 aliphatic carbocycles. The molecule has 3 rings (SSSR count). The number of aryl methyl sites for hydroxylation is 1. The lowest BCUT2D eigenvalue weighted by Gasteiger charge is -2.15. The second-order valence-corrected chi connectivity index (χ2v) is 5.58. The van der Waals surface area contributed by atoms with E-state index in [1.165, 1.54) is 13.0 Å². The minimum Gasteiger partial charge on any atom is -0.479 e. The Labute approximate surface area is 138 Å². The van der Waals surface area contributed by atoms with Crippen molar-refractivity contribution in [2.75, 3.05) is 0 Å². The van der Waals surface area contributed by atoms with Gasteiger partial charge in [0.2, 0.25) is 0 Å². The van der Waals surface area contributed by atoms with E-state index in [2.05, 4.69) is 0 Å². The normalized spacial score (nSPS) is 12.1. The maximum atomic E-state index is 11.9. The lowest BCUT2D eigenvalue weighted by molar-refractivity contribution is -0.144. The number of fused-ring (bicyclic) bond motifs is 1. The zero-order chi connectivity index (χ0) is 17.3. The Kier molecular flexibility index (Phi) is 4.08. The van der Waals surface area contributed by atoms with Gasteiger partial charge in [-0.1, -0.05) is 30.3 Å². The van der Waals surface area contributed by atoms with Crippen molar-refractivity contribution in [3.8, 4) is 16.9 Å². The van der Waals surface area contributed by atoms with Crippen molar-refractivity contribution in [1.29, 1.82) is 0 Å². The van der Waals surface area contributed by atoms with Gasteiger partial charge in [-0.25, -0.2) is 9.59 Å². The highest BCUT2D eigenvalue weighted by Crippen LogP contribution is 2.35. The predicted molar refractivity (Wildman–Crippen MR) is 90.4 cm³/mol. The standard InChI is InChI=1S/C19H16O5/c1-11-8-15(23-12(2)19(21)22)18-14(13-6-4-3-5-7-13)10-17(20)24-16(18)9-11/h3-10,12H,1-2H3,(H,21,22)/t12-/m1/s1. The molecule has 1 aromatic heterocycles. The SMILES string of the molecule is Cc1cc(O[C@H](C)C(=O)O)c2c(-c3ccccc3)cc(=O)oc2c1. The van der Waals surface area contributed by atoms with Crippen LogP contribution < -0.4 is 10.4 Å². The van der Waals surface area contributed by atoms with E-state index in [1.807, 2.05) is 37.3 Å². The Morgan fingerprint density at radius 1 is 1.17 bits per heavy atom. The topological polar surface area (TPSA) is 76.7 Å². The van der Waals surface area contributed by atoms with Gasteiger partial charge in [0.05, 0.1) is 5.39 Å². The van der Waals surface area contributed by atoms with E-state index in [0.29, 0.717) is 22.3 Å². The predicted octanol–water partition coefficient (Wildman–Crippen LogP) is 3.62. The van der Waals surface area contributed by atoms with Gasteiger partial charge in [-0.15, -0.1) is 0 Å². The lowest BCUT2D eigenvalue weighted by Crippen LogP contribution is -2.23. The number of ether oxygens (including phenoxy) is 1. The van der Waals surface area contributed by atoms with Crippen LogP contribution in [0.15, 0.2) is 57.7 Å². The molecule has 0 amide bonds. The fourth-order valence-corrected chi connectivity index (χ4v) is 2.57. The highest BCUT2D eigenvalue weighted by molar-refractivity contribution is 5.98. The molecule has 24 heavy (non-hydrogen) atoms. The summed E-state index contributed by atoms with van der Waals surface area (Å²) in [7, 11) is 0. The van der Waals surface area contributed by atoms with Gasteiger partial charge in [-0.2, -0.15) is 0 Å². The fourth-order valence-electron chi connectivity index (χ4n) is 2.57. The summed E-state index contributed by atoms with van der Waals surface area (Å²) in [5, 5.41) is 9.70. The number of hydrogen-bond donors (Lipinski definition) is 1. The monoisotopic (exact) mass is 324 g/mol. The molecule has 3 aromatic rings. The summed E-state index contributed by atoms with van der Waals surface area (Å²) in [6.07, 6.45) is -1.02. The van der Waals surface area contributed by atoms with Crippen LogP contribution in [0.4, 0.5) is 0 Å². The molecule has 0 aliphatic rings. The van der Waals surface area contributed by atoms with E-state index in [0.717, 1.165) is 11.1 Å². The van der Waals surface area contributed by atoms with Crippen molar-refractivity contribution in [3.63, 3.8) is 0 Å². The molecule has 1 heterocycles. The van der Waals surface area contributed by atoms with E-state index in [9.17, 15) is 9.59 Å². The first-order chi connectivity index (χ1) is 11.5. The zero-order valence-electron chi connectivity index (χ0n) is 13.3. The Morgan fingerprint density at radius 2 is 1.88 bits per heavy atom. The smallest absolute Gasteiger partial charge is 0.344 e. The Bertz CT molecular complexity index is 957. The van der Waals surface area contributed by atoms with E-state index >= 15 is 0 Å². The number of carboxylic acid groups (broad SMARTS) is 1. The summed E-state index contributed by atoms with van der Waals surface area (Å²) >= 11 is 0. The van der Waals surface area contributed by atoms with Gasteiger partial charge < -0.3 is 14.3 Å². The van der Waals surface area contributed by atoms with Gasteiger partial charge in [0.25, 0.3) is 0 Å². The Hall–Kier alpha value is -3.08. The minimum atomic E-state index is -1.07. The van der Waals surface area contributed by atoms with E-state index < -0.39 is 17.7 Å². The molecule has 2 aromatic carbocycles. The van der Waals surface area contributed by atoms with E-state index in [1.54, 1.807) is 12.1 Å². The average molecular weight is 324 g/mol. The number of rotatable bonds is 4. The first kappa shape index (κ1) is 15.8. The van der Waals surface area contributed by atoms with Crippen molar-refractivity contribution in [1.82, 2.24) is 0 Å². The van der Waals surface area contributed by atoms with Gasteiger partial charge in [-0.05, 0) is 37.1 Å². The van der Waals surface area contributed by atoms with Crippen LogP contribution in [0.5, 0.6) is 5.75 Å². The van der Waals surface area contributed by atoms with Crippen LogP contribution in [-0.4, -0.2) is 17.2 Å². The molecule has 0 bridgehead atoms. The quantitative estimate of drug-likeness (QED) is 0.742. The lowest BCUT2D eigenvalue weighted by atomic mass is 10.0. The molecule has 0 radical (unpaired) electrons. The van der Waals surface area contributed by atoms with Crippen molar-refractivity contribution >= 4 is 16.9 Å². The number of hydrogen-bond acceptors (Lipinski definition) is 4. The average Bonchev–Trinajstić information content (AvgIpc) is 2.54. The summed E-state index contributed by atoms with van der Waals surface area (Å²) in [5.41, 5.74) is 2.18. The number of carboxylic acids is 1. The molecular formula is C19H16O5. The van der Waals surface area contributed by atoms with Crippen LogP contribution in [-0.2, 0) is 4.79 Å². The first-order valence-electron chi connectivity index (χ1n) is 7.49. The van der Waals surface area contributed by atoms with Crippen LogP contribution in [0.25, 0.3) is 22.1 Å². The summed E-state index contributed by atoms with van der Waals surface area (Å²) in [4.78, 5) is 23.1. The summed E-state index contributed by atoms with van der Waals surface area (Å²) in [6.45, 7) is 3.28. The molecule has 0 aliphatic heterocycles. The van der Waals surface area contributed by atoms with Crippen LogP contribution in [0, 0.1) is 6.92 Å². The van der Waals surface area contributed by atoms with Gasteiger partial charge >= 0.3 is 11.6 Å². The Balaban J connectivity index is 2.31. The molecule has 0 saturated heterocycles. The highest BCUT2D eigenvalue weighted by atomic mass is 16.5. The van der Waals surface area contributed by atoms with Gasteiger partial charge in [0.1, 0.15) is 11.3 Å². The molecule has 0 unspecified atom stereocenters. The third-order valence-corrected chi connectivity index (χ3v) is 3.69. The number of benzene rings is 2. The largest absolute Gasteiger partial charge is 0.479 e. The van der Waals surface area contributed by atoms with E-state index in [4.69, 9.17) is 14.3 Å². The summed E-state index contributed by atoms with van der Waals surface area (Å²) in [5.74, 6) is -0.689. The fraction of sp³-hybridized carbons (Fsp3) is 0.158. The third kappa shape index (κ3) is 3.01. The van der Waals surface area contributed by atoms with Crippen molar-refractivity contribution in [2.24, 2.45) is 0 Å². The van der Waals surface area contributed by atoms with Crippen LogP contribution in [0.1, 0.15) is 12.5 Å². The number of aliphatic carboxylic acids is 1. The second-order valence-electron chi connectivity index (χ2n) is 5.58. The van der Waals surface area contributed by atoms with Crippen molar-refractivity contribution < 1.29 is 19.1 Å². The number of carbonyl (C=O) groups is 1. The summed E-state index contributed by atoms with van der Waals surface area (Å²) in [6, 6.07) is 14.2. The van der Waals surface area contributed by atoms with Crippen LogP contribution in [0.2, 0.25) is 0 Å². The maximum Gasteiger partial charge on any atom is 0.344 e. The highest BCUT2D eigenvalue weighted by Gasteiger charge is 2.18. The molecule has 5 nitrogen and oxygen atoms in total. The molecule has 1 N–H and O–H groups in total. The first-order valence-corrected chi connectivity index (χ1v) is 7.49. The second kappa shape index (κ2) is 6.20. The third-order valence-electron chi connectivity index (χ3n) is 3.69.